The number of rotatable bonds is 5. The minimum absolute atomic E-state index is 0.0706. The van der Waals surface area contributed by atoms with Gasteiger partial charge in [0.1, 0.15) is 6.61 Å². The lowest BCUT2D eigenvalue weighted by atomic mass is 10.1. The van der Waals surface area contributed by atoms with Gasteiger partial charge in [-0.3, -0.25) is 4.90 Å². The second-order valence-electron chi connectivity index (χ2n) is 6.29. The number of carbonyl (C=O) groups is 1. The van der Waals surface area contributed by atoms with Crippen molar-refractivity contribution >= 4 is 6.09 Å². The molecule has 130 valence electrons. The van der Waals surface area contributed by atoms with E-state index in [1.807, 2.05) is 37.3 Å². The zero-order chi connectivity index (χ0) is 16.8. The van der Waals surface area contributed by atoms with Gasteiger partial charge < -0.3 is 14.2 Å². The van der Waals surface area contributed by atoms with E-state index >= 15 is 0 Å². The molecule has 2 unspecified atom stereocenters. The van der Waals surface area contributed by atoms with Crippen molar-refractivity contribution in [3.05, 3.63) is 47.5 Å². The molecule has 5 nitrogen and oxygen atoms in total. The van der Waals surface area contributed by atoms with Crippen molar-refractivity contribution in [3.8, 4) is 0 Å². The monoisotopic (exact) mass is 331 g/mol. The van der Waals surface area contributed by atoms with Crippen LogP contribution in [-0.2, 0) is 20.8 Å². The van der Waals surface area contributed by atoms with Crippen molar-refractivity contribution < 1.29 is 19.0 Å². The minimum Gasteiger partial charge on any atom is -0.445 e. The Morgan fingerprint density at radius 2 is 2.12 bits per heavy atom. The molecule has 0 radical (unpaired) electrons. The number of carbonyl (C=O) groups excluding carboxylic acids is 1. The molecule has 0 N–H and O–H groups in total. The molecular weight excluding hydrogens is 306 g/mol. The Labute approximate surface area is 143 Å². The Morgan fingerprint density at radius 1 is 1.29 bits per heavy atom. The van der Waals surface area contributed by atoms with Gasteiger partial charge in [0.2, 0.25) is 0 Å². The molecule has 2 aliphatic heterocycles. The molecule has 1 fully saturated rings. The molecular formula is C19H25NO4. The summed E-state index contributed by atoms with van der Waals surface area (Å²) in [5.41, 5.74) is 2.13. The van der Waals surface area contributed by atoms with Gasteiger partial charge in [-0.25, -0.2) is 4.79 Å². The highest BCUT2D eigenvalue weighted by atomic mass is 16.7. The Kier molecular flexibility index (Phi) is 5.88. The van der Waals surface area contributed by atoms with E-state index in [2.05, 4.69) is 6.08 Å². The topological polar surface area (TPSA) is 48.0 Å². The second-order valence-corrected chi connectivity index (χ2v) is 6.29. The first-order valence-electron chi connectivity index (χ1n) is 8.61. The van der Waals surface area contributed by atoms with Crippen molar-refractivity contribution in [2.75, 3.05) is 19.8 Å². The van der Waals surface area contributed by atoms with Crippen molar-refractivity contribution in [1.29, 1.82) is 0 Å². The van der Waals surface area contributed by atoms with Crippen molar-refractivity contribution in [1.82, 2.24) is 4.90 Å². The molecule has 0 bridgehead atoms. The number of nitrogens with zero attached hydrogens (tertiary/aromatic N) is 1. The van der Waals surface area contributed by atoms with E-state index in [-0.39, 0.29) is 25.0 Å². The van der Waals surface area contributed by atoms with Gasteiger partial charge in [-0.1, -0.05) is 42.0 Å². The Morgan fingerprint density at radius 3 is 2.88 bits per heavy atom. The van der Waals surface area contributed by atoms with Crippen LogP contribution in [-0.4, -0.2) is 43.1 Å². The molecule has 5 heteroatoms. The summed E-state index contributed by atoms with van der Waals surface area (Å²) >= 11 is 0. The summed E-state index contributed by atoms with van der Waals surface area (Å²) in [6, 6.07) is 9.64. The van der Waals surface area contributed by atoms with E-state index < -0.39 is 0 Å². The number of ether oxygens (including phenoxy) is 3. The Bertz CT molecular complexity index is 566. The van der Waals surface area contributed by atoms with Crippen molar-refractivity contribution in [2.45, 2.75) is 45.1 Å². The smallest absolute Gasteiger partial charge is 0.410 e. The van der Waals surface area contributed by atoms with Gasteiger partial charge in [0, 0.05) is 13.2 Å². The fourth-order valence-corrected chi connectivity index (χ4v) is 3.02. The van der Waals surface area contributed by atoms with E-state index in [0.29, 0.717) is 13.2 Å². The summed E-state index contributed by atoms with van der Waals surface area (Å²) in [5.74, 6) is 0. The molecule has 1 aromatic rings. The summed E-state index contributed by atoms with van der Waals surface area (Å²) in [6.45, 7) is 4.09. The zero-order valence-electron chi connectivity index (χ0n) is 14.1. The van der Waals surface area contributed by atoms with E-state index in [0.717, 1.165) is 37.0 Å². The minimum atomic E-state index is -0.301. The average Bonchev–Trinajstić information content (AvgIpc) is 3.00. The van der Waals surface area contributed by atoms with Gasteiger partial charge in [-0.2, -0.15) is 0 Å². The van der Waals surface area contributed by atoms with Crippen LogP contribution in [0, 0.1) is 0 Å². The third kappa shape index (κ3) is 4.36. The third-order valence-electron chi connectivity index (χ3n) is 4.53. The fraction of sp³-hybridized carbons (Fsp3) is 0.526. The lowest BCUT2D eigenvalue weighted by Crippen LogP contribution is -2.41. The maximum absolute atomic E-state index is 12.4. The number of hydrogen-bond donors (Lipinski definition) is 0. The van der Waals surface area contributed by atoms with Crippen LogP contribution in [0.25, 0.3) is 0 Å². The van der Waals surface area contributed by atoms with E-state index in [4.69, 9.17) is 14.2 Å². The average molecular weight is 331 g/mol. The molecule has 2 aliphatic rings. The predicted octanol–water partition coefficient (Wildman–Crippen LogP) is 3.50. The van der Waals surface area contributed by atoms with Crippen LogP contribution < -0.4 is 0 Å². The first-order chi connectivity index (χ1) is 11.7. The van der Waals surface area contributed by atoms with Crippen LogP contribution >= 0.6 is 0 Å². The normalized spacial score (nSPS) is 23.9. The highest BCUT2D eigenvalue weighted by Gasteiger charge is 2.31. The van der Waals surface area contributed by atoms with Gasteiger partial charge in [-0.15, -0.1) is 0 Å². The van der Waals surface area contributed by atoms with Crippen LogP contribution in [0.4, 0.5) is 4.79 Å². The van der Waals surface area contributed by atoms with E-state index in [1.54, 1.807) is 4.90 Å². The fourth-order valence-electron chi connectivity index (χ4n) is 3.02. The summed E-state index contributed by atoms with van der Waals surface area (Å²) in [4.78, 5) is 14.1. The summed E-state index contributed by atoms with van der Waals surface area (Å²) in [7, 11) is 0. The van der Waals surface area contributed by atoms with Crippen LogP contribution in [0.2, 0.25) is 0 Å². The lowest BCUT2D eigenvalue weighted by Gasteiger charge is -2.29. The maximum atomic E-state index is 12.4. The van der Waals surface area contributed by atoms with E-state index in [9.17, 15) is 4.79 Å². The zero-order valence-corrected chi connectivity index (χ0v) is 14.1. The van der Waals surface area contributed by atoms with E-state index in [1.165, 1.54) is 0 Å². The van der Waals surface area contributed by atoms with Gasteiger partial charge >= 0.3 is 6.09 Å². The number of benzene rings is 1. The molecule has 3 rings (SSSR count). The first kappa shape index (κ1) is 17.0. The summed E-state index contributed by atoms with van der Waals surface area (Å²) in [6.07, 6.45) is 4.76. The molecule has 1 saturated heterocycles. The van der Waals surface area contributed by atoms with Gasteiger partial charge in [0.25, 0.3) is 0 Å². The molecule has 0 spiro atoms. The van der Waals surface area contributed by atoms with Crippen LogP contribution in [0.15, 0.2) is 42.0 Å². The molecule has 2 heterocycles. The molecule has 1 amide bonds. The van der Waals surface area contributed by atoms with Crippen molar-refractivity contribution in [2.24, 2.45) is 0 Å². The molecule has 0 aliphatic carbocycles. The maximum Gasteiger partial charge on any atom is 0.410 e. The van der Waals surface area contributed by atoms with Gasteiger partial charge in [0.05, 0.1) is 12.6 Å². The Hall–Kier alpha value is -1.85. The molecule has 24 heavy (non-hydrogen) atoms. The second kappa shape index (κ2) is 8.31. The van der Waals surface area contributed by atoms with Gasteiger partial charge in [0.15, 0.2) is 6.29 Å². The van der Waals surface area contributed by atoms with Crippen molar-refractivity contribution in [3.63, 3.8) is 0 Å². The number of hydrogen-bond acceptors (Lipinski definition) is 4. The lowest BCUT2D eigenvalue weighted by molar-refractivity contribution is -0.167. The summed E-state index contributed by atoms with van der Waals surface area (Å²) < 4.78 is 16.9. The van der Waals surface area contributed by atoms with Crippen LogP contribution in [0.3, 0.4) is 0 Å². The third-order valence-corrected chi connectivity index (χ3v) is 4.53. The quantitative estimate of drug-likeness (QED) is 0.775. The highest BCUT2D eigenvalue weighted by molar-refractivity contribution is 5.69. The largest absolute Gasteiger partial charge is 0.445 e. The van der Waals surface area contributed by atoms with Crippen LogP contribution in [0.5, 0.6) is 0 Å². The summed E-state index contributed by atoms with van der Waals surface area (Å²) in [5, 5.41) is 0. The molecule has 1 aromatic carbocycles. The highest BCUT2D eigenvalue weighted by Crippen LogP contribution is 2.22. The SMILES string of the molecule is CC1=CCN(C(=O)OCc2ccccc2)C1COC1CCCCO1. The molecule has 0 aromatic heterocycles. The predicted molar refractivity (Wildman–Crippen MR) is 90.4 cm³/mol. The van der Waals surface area contributed by atoms with Crippen LogP contribution in [0.1, 0.15) is 31.7 Å². The first-order valence-corrected chi connectivity index (χ1v) is 8.61. The molecule has 0 saturated carbocycles. The number of amides is 1. The standard InChI is InChI=1S/C19H25NO4/c1-15-10-11-20(17(15)14-23-18-9-5-6-12-22-18)19(21)24-13-16-7-3-2-4-8-16/h2-4,7-8,10,17-18H,5-6,9,11-14H2,1H3. The Balaban J connectivity index is 1.50. The molecule has 2 atom stereocenters. The van der Waals surface area contributed by atoms with Gasteiger partial charge in [-0.05, 0) is 31.7 Å².